The van der Waals surface area contributed by atoms with Gasteiger partial charge in [-0.05, 0) is 24.6 Å². The zero-order valence-corrected chi connectivity index (χ0v) is 10.9. The first-order chi connectivity index (χ1) is 8.09. The zero-order chi connectivity index (χ0) is 12.4. The minimum Gasteiger partial charge on any atom is -0.314 e. The second-order valence-electron chi connectivity index (χ2n) is 4.26. The summed E-state index contributed by atoms with van der Waals surface area (Å²) in [6.45, 7) is 5.23. The molecule has 2 rings (SSSR count). The van der Waals surface area contributed by atoms with E-state index < -0.39 is 17.5 Å². The molecule has 6 heteroatoms. The number of nitrogens with one attached hydrogen (secondary N) is 1. The molecule has 1 heterocycles. The Morgan fingerprint density at radius 1 is 1.11 bits per heavy atom. The standard InChI is InChI=1S/C12H15F3N2.ClH/c1-8(17-4-2-16-3-5-17)9-6-10(13)12(15)11(14)7-9;/h6-8,16H,2-5H2,1H3;1H/t8-;/m1./s1. The third-order valence-corrected chi connectivity index (χ3v) is 3.19. The van der Waals surface area contributed by atoms with Gasteiger partial charge in [-0.1, -0.05) is 0 Å². The Bertz CT molecular complexity index is 385. The van der Waals surface area contributed by atoms with Gasteiger partial charge in [0.25, 0.3) is 0 Å². The Labute approximate surface area is 111 Å². The average molecular weight is 281 g/mol. The molecule has 102 valence electrons. The molecular weight excluding hydrogens is 265 g/mol. The molecule has 1 aliphatic rings. The van der Waals surface area contributed by atoms with Crippen LogP contribution in [0.25, 0.3) is 0 Å². The van der Waals surface area contributed by atoms with Crippen LogP contribution in [0.4, 0.5) is 13.2 Å². The van der Waals surface area contributed by atoms with Crippen molar-refractivity contribution >= 4 is 12.4 Å². The summed E-state index contributed by atoms with van der Waals surface area (Å²) in [6.07, 6.45) is 0. The van der Waals surface area contributed by atoms with Crippen molar-refractivity contribution in [2.75, 3.05) is 26.2 Å². The van der Waals surface area contributed by atoms with Gasteiger partial charge >= 0.3 is 0 Å². The van der Waals surface area contributed by atoms with Crippen molar-refractivity contribution in [3.8, 4) is 0 Å². The molecule has 0 radical (unpaired) electrons. The number of hydrogen-bond acceptors (Lipinski definition) is 2. The summed E-state index contributed by atoms with van der Waals surface area (Å²) in [7, 11) is 0. The maximum atomic E-state index is 13.1. The van der Waals surface area contributed by atoms with Gasteiger partial charge in [0, 0.05) is 32.2 Å². The lowest BCUT2D eigenvalue weighted by Gasteiger charge is -2.33. The first-order valence-corrected chi connectivity index (χ1v) is 5.69. The molecule has 1 aliphatic heterocycles. The monoisotopic (exact) mass is 280 g/mol. The van der Waals surface area contributed by atoms with Crippen LogP contribution in [0.3, 0.4) is 0 Å². The summed E-state index contributed by atoms with van der Waals surface area (Å²) in [6, 6.07) is 2.04. The molecule has 0 bridgehead atoms. The van der Waals surface area contributed by atoms with Crippen LogP contribution in [0, 0.1) is 17.5 Å². The predicted octanol–water partition coefficient (Wildman–Crippen LogP) is 2.49. The van der Waals surface area contributed by atoms with Crippen molar-refractivity contribution in [3.63, 3.8) is 0 Å². The molecule has 0 spiro atoms. The molecule has 2 nitrogen and oxygen atoms in total. The quantitative estimate of drug-likeness (QED) is 0.838. The van der Waals surface area contributed by atoms with Gasteiger partial charge in [0.2, 0.25) is 0 Å². The number of rotatable bonds is 2. The highest BCUT2D eigenvalue weighted by Crippen LogP contribution is 2.23. The molecule has 0 aromatic heterocycles. The second kappa shape index (κ2) is 6.41. The maximum Gasteiger partial charge on any atom is 0.194 e. The fourth-order valence-corrected chi connectivity index (χ4v) is 2.10. The summed E-state index contributed by atoms with van der Waals surface area (Å²) in [5.41, 5.74) is 0.475. The minimum absolute atomic E-state index is 0. The number of piperazine rings is 1. The van der Waals surface area contributed by atoms with Gasteiger partial charge in [-0.3, -0.25) is 4.90 Å². The van der Waals surface area contributed by atoms with E-state index in [0.29, 0.717) is 5.56 Å². The average Bonchev–Trinajstić information content (AvgIpc) is 2.35. The summed E-state index contributed by atoms with van der Waals surface area (Å²) in [5.74, 6) is -3.65. The molecular formula is C12H16ClF3N2. The molecule has 0 unspecified atom stereocenters. The Morgan fingerprint density at radius 3 is 2.11 bits per heavy atom. The van der Waals surface area contributed by atoms with E-state index in [-0.39, 0.29) is 18.4 Å². The fraction of sp³-hybridized carbons (Fsp3) is 0.500. The summed E-state index contributed by atoms with van der Waals surface area (Å²) < 4.78 is 39.1. The first-order valence-electron chi connectivity index (χ1n) is 5.69. The van der Waals surface area contributed by atoms with Gasteiger partial charge in [-0.15, -0.1) is 12.4 Å². The maximum absolute atomic E-state index is 13.1. The number of nitrogens with zero attached hydrogens (tertiary/aromatic N) is 1. The normalized spacial score (nSPS) is 18.2. The van der Waals surface area contributed by atoms with Gasteiger partial charge in [-0.25, -0.2) is 13.2 Å². The number of benzene rings is 1. The molecule has 1 N–H and O–H groups in total. The van der Waals surface area contributed by atoms with Gasteiger partial charge in [0.15, 0.2) is 17.5 Å². The largest absolute Gasteiger partial charge is 0.314 e. The number of hydrogen-bond donors (Lipinski definition) is 1. The van der Waals surface area contributed by atoms with E-state index in [1.807, 2.05) is 6.92 Å². The molecule has 18 heavy (non-hydrogen) atoms. The Kier molecular flexibility index (Phi) is 5.44. The van der Waals surface area contributed by atoms with Gasteiger partial charge in [-0.2, -0.15) is 0 Å². The summed E-state index contributed by atoms with van der Waals surface area (Å²) in [5, 5.41) is 3.20. The highest BCUT2D eigenvalue weighted by Gasteiger charge is 2.20. The van der Waals surface area contributed by atoms with E-state index in [9.17, 15) is 13.2 Å². The molecule has 1 fully saturated rings. The van der Waals surface area contributed by atoms with E-state index in [1.165, 1.54) is 0 Å². The van der Waals surface area contributed by atoms with Crippen LogP contribution in [-0.2, 0) is 0 Å². The van der Waals surface area contributed by atoms with Crippen LogP contribution in [0.1, 0.15) is 18.5 Å². The SMILES string of the molecule is C[C@H](c1cc(F)c(F)c(F)c1)N1CCNCC1.Cl. The fourth-order valence-electron chi connectivity index (χ4n) is 2.10. The zero-order valence-electron chi connectivity index (χ0n) is 10.0. The third kappa shape index (κ3) is 3.16. The van der Waals surface area contributed by atoms with Crippen molar-refractivity contribution in [3.05, 3.63) is 35.1 Å². The Hall–Kier alpha value is -0.780. The summed E-state index contributed by atoms with van der Waals surface area (Å²) in [4.78, 5) is 2.11. The first kappa shape index (κ1) is 15.3. The molecule has 0 aliphatic carbocycles. The molecule has 1 aromatic rings. The molecule has 0 amide bonds. The smallest absolute Gasteiger partial charge is 0.194 e. The van der Waals surface area contributed by atoms with Crippen molar-refractivity contribution in [2.45, 2.75) is 13.0 Å². The van der Waals surface area contributed by atoms with Crippen molar-refractivity contribution < 1.29 is 13.2 Å². The highest BCUT2D eigenvalue weighted by atomic mass is 35.5. The number of halogens is 4. The van der Waals surface area contributed by atoms with Crippen LogP contribution < -0.4 is 5.32 Å². The lowest BCUT2D eigenvalue weighted by atomic mass is 10.1. The van der Waals surface area contributed by atoms with Crippen LogP contribution in [0.15, 0.2) is 12.1 Å². The van der Waals surface area contributed by atoms with Crippen LogP contribution in [0.2, 0.25) is 0 Å². The van der Waals surface area contributed by atoms with Gasteiger partial charge < -0.3 is 5.32 Å². The van der Waals surface area contributed by atoms with Crippen LogP contribution in [-0.4, -0.2) is 31.1 Å². The van der Waals surface area contributed by atoms with Gasteiger partial charge in [0.05, 0.1) is 0 Å². The van der Waals surface area contributed by atoms with E-state index in [2.05, 4.69) is 10.2 Å². The third-order valence-electron chi connectivity index (χ3n) is 3.19. The van der Waals surface area contributed by atoms with E-state index in [1.54, 1.807) is 0 Å². The lowest BCUT2D eigenvalue weighted by molar-refractivity contribution is 0.184. The van der Waals surface area contributed by atoms with E-state index in [0.717, 1.165) is 38.3 Å². The van der Waals surface area contributed by atoms with Crippen molar-refractivity contribution in [2.24, 2.45) is 0 Å². The predicted molar refractivity (Wildman–Crippen MR) is 66.4 cm³/mol. The van der Waals surface area contributed by atoms with Crippen LogP contribution in [0.5, 0.6) is 0 Å². The molecule has 0 saturated carbocycles. The second-order valence-corrected chi connectivity index (χ2v) is 4.26. The van der Waals surface area contributed by atoms with Crippen molar-refractivity contribution in [1.29, 1.82) is 0 Å². The van der Waals surface area contributed by atoms with E-state index >= 15 is 0 Å². The minimum atomic E-state index is -1.40. The van der Waals surface area contributed by atoms with E-state index in [4.69, 9.17) is 0 Å². The summed E-state index contributed by atoms with van der Waals surface area (Å²) >= 11 is 0. The lowest BCUT2D eigenvalue weighted by Crippen LogP contribution is -2.44. The van der Waals surface area contributed by atoms with Crippen molar-refractivity contribution in [1.82, 2.24) is 10.2 Å². The molecule has 1 saturated heterocycles. The van der Waals surface area contributed by atoms with Gasteiger partial charge in [0.1, 0.15) is 0 Å². The van der Waals surface area contributed by atoms with Crippen LogP contribution >= 0.6 is 12.4 Å². The molecule has 1 aromatic carbocycles. The Morgan fingerprint density at radius 2 is 1.61 bits per heavy atom. The molecule has 1 atom stereocenters. The topological polar surface area (TPSA) is 15.3 Å². The highest BCUT2D eigenvalue weighted by molar-refractivity contribution is 5.85. The Balaban J connectivity index is 0.00000162.